The van der Waals surface area contributed by atoms with Crippen LogP contribution in [0, 0.1) is 26.1 Å². The summed E-state index contributed by atoms with van der Waals surface area (Å²) in [5, 5.41) is 33.9. The van der Waals surface area contributed by atoms with Crippen molar-refractivity contribution in [3.8, 4) is 0 Å². The molecule has 1 saturated carbocycles. The predicted octanol–water partition coefficient (Wildman–Crippen LogP) is 2.08. The van der Waals surface area contributed by atoms with Gasteiger partial charge < -0.3 is 10.4 Å². The van der Waals surface area contributed by atoms with Crippen molar-refractivity contribution in [2.75, 3.05) is 11.9 Å². The van der Waals surface area contributed by atoms with Gasteiger partial charge in [-0.2, -0.15) is 0 Å². The summed E-state index contributed by atoms with van der Waals surface area (Å²) < 4.78 is 0. The van der Waals surface area contributed by atoms with E-state index in [2.05, 4.69) is 5.32 Å². The molecule has 8 heteroatoms. The smallest absolute Gasteiger partial charge is 0.299 e. The van der Waals surface area contributed by atoms with E-state index in [1.165, 1.54) is 12.1 Å². The standard InChI is InChI=1S/C12H15N3O5/c16-10-3-1-8(5-10)7-13-11-4-2-9(14(17)18)6-12(11)15(19)20/h2,4,6,8,10,13,16H,1,3,5,7H2. The van der Waals surface area contributed by atoms with Gasteiger partial charge >= 0.3 is 0 Å². The number of benzene rings is 1. The SMILES string of the molecule is O=[N+]([O-])c1ccc(NCC2CCC(O)C2)c([N+](=O)[O-])c1. The van der Waals surface area contributed by atoms with Gasteiger partial charge in [-0.1, -0.05) is 0 Å². The first-order valence-electron chi connectivity index (χ1n) is 6.32. The van der Waals surface area contributed by atoms with E-state index in [1.807, 2.05) is 0 Å². The van der Waals surface area contributed by atoms with Gasteiger partial charge in [0.15, 0.2) is 0 Å². The van der Waals surface area contributed by atoms with Crippen molar-refractivity contribution in [2.45, 2.75) is 25.4 Å². The molecule has 0 aromatic heterocycles. The summed E-state index contributed by atoms with van der Waals surface area (Å²) in [6, 6.07) is 3.53. The number of nitro benzene ring substituents is 2. The van der Waals surface area contributed by atoms with Crippen molar-refractivity contribution >= 4 is 17.1 Å². The van der Waals surface area contributed by atoms with Crippen molar-refractivity contribution in [3.05, 3.63) is 38.4 Å². The molecule has 108 valence electrons. The van der Waals surface area contributed by atoms with Crippen LogP contribution in [0.3, 0.4) is 0 Å². The second kappa shape index (κ2) is 5.83. The number of non-ortho nitro benzene ring substituents is 1. The highest BCUT2D eigenvalue weighted by molar-refractivity contribution is 5.65. The number of aliphatic hydroxyl groups is 1. The minimum atomic E-state index is -0.663. The Balaban J connectivity index is 2.10. The van der Waals surface area contributed by atoms with Crippen LogP contribution in [0.4, 0.5) is 17.1 Å². The zero-order valence-corrected chi connectivity index (χ0v) is 10.7. The number of hydrogen-bond donors (Lipinski definition) is 2. The van der Waals surface area contributed by atoms with Crippen LogP contribution in [-0.2, 0) is 0 Å². The van der Waals surface area contributed by atoms with Gasteiger partial charge in [0.25, 0.3) is 11.4 Å². The van der Waals surface area contributed by atoms with E-state index in [9.17, 15) is 25.3 Å². The summed E-state index contributed by atoms with van der Waals surface area (Å²) >= 11 is 0. The largest absolute Gasteiger partial charge is 0.393 e. The van der Waals surface area contributed by atoms with Gasteiger partial charge in [-0.3, -0.25) is 20.2 Å². The zero-order chi connectivity index (χ0) is 14.7. The molecule has 1 aliphatic rings. The molecule has 0 amide bonds. The number of rotatable bonds is 5. The van der Waals surface area contributed by atoms with Gasteiger partial charge in [0.2, 0.25) is 0 Å². The molecule has 20 heavy (non-hydrogen) atoms. The molecule has 0 saturated heterocycles. The Bertz CT molecular complexity index is 534. The van der Waals surface area contributed by atoms with Crippen LogP contribution in [0.25, 0.3) is 0 Å². The lowest BCUT2D eigenvalue weighted by Crippen LogP contribution is -2.13. The number of hydrogen-bond acceptors (Lipinski definition) is 6. The van der Waals surface area contributed by atoms with Gasteiger partial charge in [0.05, 0.1) is 22.0 Å². The van der Waals surface area contributed by atoms with E-state index in [0.717, 1.165) is 18.9 Å². The second-order valence-electron chi connectivity index (χ2n) is 4.93. The fourth-order valence-electron chi connectivity index (χ4n) is 2.42. The first-order valence-corrected chi connectivity index (χ1v) is 6.32. The predicted molar refractivity (Wildman–Crippen MR) is 71.6 cm³/mol. The fourth-order valence-corrected chi connectivity index (χ4v) is 2.42. The van der Waals surface area contributed by atoms with Crippen molar-refractivity contribution < 1.29 is 15.0 Å². The van der Waals surface area contributed by atoms with Gasteiger partial charge in [0, 0.05) is 12.6 Å². The average molecular weight is 281 g/mol. The van der Waals surface area contributed by atoms with E-state index in [0.29, 0.717) is 13.0 Å². The van der Waals surface area contributed by atoms with Crippen molar-refractivity contribution in [3.63, 3.8) is 0 Å². The molecule has 1 aliphatic carbocycles. The van der Waals surface area contributed by atoms with Crippen LogP contribution in [0.1, 0.15) is 19.3 Å². The minimum absolute atomic E-state index is 0.264. The summed E-state index contributed by atoms with van der Waals surface area (Å²) in [6.45, 7) is 0.510. The van der Waals surface area contributed by atoms with E-state index in [4.69, 9.17) is 0 Å². The van der Waals surface area contributed by atoms with Gasteiger partial charge in [-0.25, -0.2) is 0 Å². The van der Waals surface area contributed by atoms with E-state index < -0.39 is 9.85 Å². The van der Waals surface area contributed by atoms with Crippen LogP contribution in [0.2, 0.25) is 0 Å². The molecule has 1 aromatic carbocycles. The Labute approximate surface area is 114 Å². The van der Waals surface area contributed by atoms with Crippen LogP contribution in [0.15, 0.2) is 18.2 Å². The molecule has 0 heterocycles. The van der Waals surface area contributed by atoms with E-state index in [1.54, 1.807) is 0 Å². The molecule has 0 bridgehead atoms. The summed E-state index contributed by atoms with van der Waals surface area (Å²) in [5.74, 6) is 0.264. The Kier molecular flexibility index (Phi) is 4.14. The van der Waals surface area contributed by atoms with Gasteiger partial charge in [-0.15, -0.1) is 0 Å². The molecule has 0 aliphatic heterocycles. The highest BCUT2D eigenvalue weighted by atomic mass is 16.6. The van der Waals surface area contributed by atoms with E-state index in [-0.39, 0.29) is 29.1 Å². The summed E-state index contributed by atoms with van der Waals surface area (Å²) in [4.78, 5) is 20.3. The molecular weight excluding hydrogens is 266 g/mol. The van der Waals surface area contributed by atoms with Gasteiger partial charge in [-0.05, 0) is 31.2 Å². The first-order chi connectivity index (χ1) is 9.47. The molecule has 2 unspecified atom stereocenters. The zero-order valence-electron chi connectivity index (χ0n) is 10.7. The van der Waals surface area contributed by atoms with Crippen LogP contribution in [-0.4, -0.2) is 27.6 Å². The third kappa shape index (κ3) is 3.21. The summed E-state index contributed by atoms with van der Waals surface area (Å²) in [6.07, 6.45) is 1.99. The molecule has 2 N–H and O–H groups in total. The molecule has 0 spiro atoms. The maximum absolute atomic E-state index is 10.9. The maximum Gasteiger partial charge on any atom is 0.299 e. The Hall–Kier alpha value is -2.22. The highest BCUT2D eigenvalue weighted by Crippen LogP contribution is 2.31. The fraction of sp³-hybridized carbons (Fsp3) is 0.500. The normalized spacial score (nSPS) is 21.6. The Morgan fingerprint density at radius 1 is 1.25 bits per heavy atom. The lowest BCUT2D eigenvalue weighted by Gasteiger charge is -2.12. The van der Waals surface area contributed by atoms with Gasteiger partial charge in [0.1, 0.15) is 5.69 Å². The summed E-state index contributed by atoms with van der Waals surface area (Å²) in [5.41, 5.74) is -0.349. The molecular formula is C12H15N3O5. The lowest BCUT2D eigenvalue weighted by atomic mass is 10.1. The van der Waals surface area contributed by atoms with Crippen molar-refractivity contribution in [1.82, 2.24) is 0 Å². The molecule has 2 atom stereocenters. The number of anilines is 1. The van der Waals surface area contributed by atoms with Crippen molar-refractivity contribution in [2.24, 2.45) is 5.92 Å². The highest BCUT2D eigenvalue weighted by Gasteiger charge is 2.24. The quantitative estimate of drug-likeness (QED) is 0.630. The van der Waals surface area contributed by atoms with Crippen molar-refractivity contribution in [1.29, 1.82) is 0 Å². The molecule has 1 aromatic rings. The maximum atomic E-state index is 10.9. The average Bonchev–Trinajstić information content (AvgIpc) is 2.81. The number of nitrogens with one attached hydrogen (secondary N) is 1. The van der Waals surface area contributed by atoms with Crippen LogP contribution in [0.5, 0.6) is 0 Å². The first kappa shape index (κ1) is 14.2. The number of nitrogens with zero attached hydrogens (tertiary/aromatic N) is 2. The number of nitro groups is 2. The Morgan fingerprint density at radius 2 is 2.00 bits per heavy atom. The minimum Gasteiger partial charge on any atom is -0.393 e. The van der Waals surface area contributed by atoms with Crippen LogP contribution < -0.4 is 5.32 Å². The Morgan fingerprint density at radius 3 is 2.55 bits per heavy atom. The molecule has 0 radical (unpaired) electrons. The summed E-state index contributed by atoms with van der Waals surface area (Å²) in [7, 11) is 0. The van der Waals surface area contributed by atoms with Crippen LogP contribution >= 0.6 is 0 Å². The molecule has 1 fully saturated rings. The third-order valence-electron chi connectivity index (χ3n) is 3.48. The lowest BCUT2D eigenvalue weighted by molar-refractivity contribution is -0.393. The molecule has 8 nitrogen and oxygen atoms in total. The number of aliphatic hydroxyl groups excluding tert-OH is 1. The van der Waals surface area contributed by atoms with E-state index >= 15 is 0 Å². The topological polar surface area (TPSA) is 119 Å². The monoisotopic (exact) mass is 281 g/mol. The second-order valence-corrected chi connectivity index (χ2v) is 4.93. The molecule has 2 rings (SSSR count). The third-order valence-corrected chi connectivity index (χ3v) is 3.48.